The molecule has 0 spiro atoms. The molecule has 0 amide bonds. The molecule has 14 heavy (non-hydrogen) atoms. The van der Waals surface area contributed by atoms with Crippen molar-refractivity contribution in [1.29, 1.82) is 0 Å². The van der Waals surface area contributed by atoms with Crippen molar-refractivity contribution in [3.8, 4) is 11.4 Å². The third-order valence-corrected chi connectivity index (χ3v) is 1.89. The van der Waals surface area contributed by atoms with E-state index in [0.29, 0.717) is 17.3 Å². The highest BCUT2D eigenvalue weighted by Gasteiger charge is 2.10. The molecule has 2 aromatic rings. The van der Waals surface area contributed by atoms with Crippen LogP contribution >= 0.6 is 0 Å². The Labute approximate surface area is 80.6 Å². The number of aromatic nitrogens is 2. The van der Waals surface area contributed by atoms with E-state index >= 15 is 0 Å². The molecule has 1 heterocycles. The lowest BCUT2D eigenvalue weighted by Gasteiger charge is -1.98. The Balaban J connectivity index is 2.55. The Bertz CT molecular complexity index is 465. The SMILES string of the molecule is Cc1ccc(F)c(-c2noc(C)n2)c1. The molecule has 0 aliphatic carbocycles. The smallest absolute Gasteiger partial charge is 0.223 e. The van der Waals surface area contributed by atoms with Crippen molar-refractivity contribution in [1.82, 2.24) is 10.1 Å². The average Bonchev–Trinajstić information content (AvgIpc) is 2.56. The van der Waals surface area contributed by atoms with Crippen LogP contribution in [0.25, 0.3) is 11.4 Å². The van der Waals surface area contributed by atoms with E-state index in [1.807, 2.05) is 6.92 Å². The fraction of sp³-hybridized carbons (Fsp3) is 0.200. The molecule has 72 valence electrons. The summed E-state index contributed by atoms with van der Waals surface area (Å²) in [5.41, 5.74) is 1.34. The second-order valence-electron chi connectivity index (χ2n) is 3.12. The highest BCUT2D eigenvalue weighted by atomic mass is 19.1. The van der Waals surface area contributed by atoms with Gasteiger partial charge in [-0.2, -0.15) is 4.98 Å². The predicted molar refractivity (Wildman–Crippen MR) is 49.2 cm³/mol. The van der Waals surface area contributed by atoms with Crippen LogP contribution in [0.15, 0.2) is 22.7 Å². The van der Waals surface area contributed by atoms with Crippen LogP contribution < -0.4 is 0 Å². The third kappa shape index (κ3) is 1.51. The van der Waals surface area contributed by atoms with E-state index in [0.717, 1.165) is 5.56 Å². The second kappa shape index (κ2) is 3.21. The molecular formula is C10H9FN2O. The summed E-state index contributed by atoms with van der Waals surface area (Å²) in [7, 11) is 0. The number of nitrogens with zero attached hydrogens (tertiary/aromatic N) is 2. The van der Waals surface area contributed by atoms with E-state index < -0.39 is 0 Å². The van der Waals surface area contributed by atoms with Crippen LogP contribution in [0.1, 0.15) is 11.5 Å². The molecule has 1 aromatic carbocycles. The summed E-state index contributed by atoms with van der Waals surface area (Å²) in [6.45, 7) is 3.56. The maximum Gasteiger partial charge on any atom is 0.223 e. The van der Waals surface area contributed by atoms with Gasteiger partial charge < -0.3 is 4.52 Å². The van der Waals surface area contributed by atoms with Gasteiger partial charge in [0.15, 0.2) is 0 Å². The quantitative estimate of drug-likeness (QED) is 0.696. The van der Waals surface area contributed by atoms with E-state index in [-0.39, 0.29) is 5.82 Å². The number of benzene rings is 1. The van der Waals surface area contributed by atoms with Crippen molar-refractivity contribution in [2.24, 2.45) is 0 Å². The monoisotopic (exact) mass is 192 g/mol. The van der Waals surface area contributed by atoms with Crippen LogP contribution in [0, 0.1) is 19.7 Å². The summed E-state index contributed by atoms with van der Waals surface area (Å²) in [6.07, 6.45) is 0. The van der Waals surface area contributed by atoms with E-state index in [4.69, 9.17) is 4.52 Å². The maximum absolute atomic E-state index is 13.3. The molecule has 0 saturated carbocycles. The Kier molecular flexibility index (Phi) is 2.04. The summed E-state index contributed by atoms with van der Waals surface area (Å²) < 4.78 is 18.1. The van der Waals surface area contributed by atoms with Crippen LogP contribution in [-0.4, -0.2) is 10.1 Å². The molecule has 0 N–H and O–H groups in total. The van der Waals surface area contributed by atoms with E-state index in [1.165, 1.54) is 6.07 Å². The third-order valence-electron chi connectivity index (χ3n) is 1.89. The van der Waals surface area contributed by atoms with Crippen LogP contribution in [0.2, 0.25) is 0 Å². The van der Waals surface area contributed by atoms with Crippen molar-refractivity contribution in [3.05, 3.63) is 35.5 Å². The van der Waals surface area contributed by atoms with E-state index in [1.54, 1.807) is 19.1 Å². The van der Waals surface area contributed by atoms with Gasteiger partial charge in [-0.05, 0) is 19.1 Å². The first kappa shape index (κ1) is 8.87. The average molecular weight is 192 g/mol. The molecule has 0 unspecified atom stereocenters. The summed E-state index contributed by atoms with van der Waals surface area (Å²) in [4.78, 5) is 3.97. The fourth-order valence-corrected chi connectivity index (χ4v) is 1.22. The fourth-order valence-electron chi connectivity index (χ4n) is 1.22. The number of aryl methyl sites for hydroxylation is 2. The number of halogens is 1. The lowest BCUT2D eigenvalue weighted by Crippen LogP contribution is -1.87. The highest BCUT2D eigenvalue weighted by Crippen LogP contribution is 2.20. The van der Waals surface area contributed by atoms with Crippen LogP contribution in [0.3, 0.4) is 0 Å². The minimum atomic E-state index is -0.337. The van der Waals surface area contributed by atoms with Gasteiger partial charge >= 0.3 is 0 Å². The zero-order chi connectivity index (χ0) is 10.1. The molecule has 0 aliphatic rings. The van der Waals surface area contributed by atoms with E-state index in [2.05, 4.69) is 10.1 Å². The van der Waals surface area contributed by atoms with Gasteiger partial charge in [0.2, 0.25) is 11.7 Å². The maximum atomic E-state index is 13.3. The largest absolute Gasteiger partial charge is 0.339 e. The molecular weight excluding hydrogens is 183 g/mol. The molecule has 4 heteroatoms. The van der Waals surface area contributed by atoms with Gasteiger partial charge in [0.25, 0.3) is 0 Å². The first-order chi connectivity index (χ1) is 6.66. The van der Waals surface area contributed by atoms with Crippen molar-refractivity contribution in [2.45, 2.75) is 13.8 Å². The minimum absolute atomic E-state index is 0.295. The first-order valence-corrected chi connectivity index (χ1v) is 4.23. The summed E-state index contributed by atoms with van der Waals surface area (Å²) in [5, 5.41) is 3.66. The Morgan fingerprint density at radius 3 is 2.71 bits per heavy atom. The summed E-state index contributed by atoms with van der Waals surface area (Å²) in [6, 6.07) is 4.79. The van der Waals surface area contributed by atoms with Gasteiger partial charge in [0.05, 0.1) is 5.56 Å². The number of hydrogen-bond acceptors (Lipinski definition) is 3. The van der Waals surface area contributed by atoms with Crippen molar-refractivity contribution in [3.63, 3.8) is 0 Å². The Hall–Kier alpha value is -1.71. The van der Waals surface area contributed by atoms with Gasteiger partial charge in [-0.15, -0.1) is 0 Å². The lowest BCUT2D eigenvalue weighted by atomic mass is 10.1. The molecule has 0 aliphatic heterocycles. The molecule has 0 bridgehead atoms. The highest BCUT2D eigenvalue weighted by molar-refractivity contribution is 5.56. The molecule has 2 rings (SSSR count). The molecule has 1 aromatic heterocycles. The molecule has 3 nitrogen and oxygen atoms in total. The zero-order valence-corrected chi connectivity index (χ0v) is 7.91. The van der Waals surface area contributed by atoms with Crippen molar-refractivity contribution in [2.75, 3.05) is 0 Å². The zero-order valence-electron chi connectivity index (χ0n) is 7.91. The summed E-state index contributed by atoms with van der Waals surface area (Å²) in [5.74, 6) is 0.390. The van der Waals surface area contributed by atoms with Gasteiger partial charge in [0, 0.05) is 6.92 Å². The molecule has 0 atom stereocenters. The normalized spacial score (nSPS) is 10.5. The second-order valence-corrected chi connectivity index (χ2v) is 3.12. The molecule has 0 saturated heterocycles. The van der Waals surface area contributed by atoms with Gasteiger partial charge in [-0.3, -0.25) is 0 Å². The summed E-state index contributed by atoms with van der Waals surface area (Å²) >= 11 is 0. The predicted octanol–water partition coefficient (Wildman–Crippen LogP) is 2.49. The number of rotatable bonds is 1. The van der Waals surface area contributed by atoms with Crippen LogP contribution in [0.4, 0.5) is 4.39 Å². The lowest BCUT2D eigenvalue weighted by molar-refractivity contribution is 0.394. The van der Waals surface area contributed by atoms with Crippen molar-refractivity contribution >= 4 is 0 Å². The number of hydrogen-bond donors (Lipinski definition) is 0. The molecule has 0 fully saturated rings. The minimum Gasteiger partial charge on any atom is -0.339 e. The van der Waals surface area contributed by atoms with E-state index in [9.17, 15) is 4.39 Å². The van der Waals surface area contributed by atoms with Crippen LogP contribution in [0.5, 0.6) is 0 Å². The van der Waals surface area contributed by atoms with Gasteiger partial charge in [0.1, 0.15) is 5.82 Å². The van der Waals surface area contributed by atoms with Gasteiger partial charge in [-0.25, -0.2) is 4.39 Å². The standard InChI is InChI=1S/C10H9FN2O/c1-6-3-4-9(11)8(5-6)10-12-7(2)14-13-10/h3-5H,1-2H3. The Morgan fingerprint density at radius 1 is 1.29 bits per heavy atom. The van der Waals surface area contributed by atoms with Crippen LogP contribution in [-0.2, 0) is 0 Å². The topological polar surface area (TPSA) is 38.9 Å². The van der Waals surface area contributed by atoms with Crippen molar-refractivity contribution < 1.29 is 8.91 Å². The van der Waals surface area contributed by atoms with Gasteiger partial charge in [-0.1, -0.05) is 16.8 Å². The Morgan fingerprint density at radius 2 is 2.07 bits per heavy atom. The molecule has 0 radical (unpaired) electrons. The first-order valence-electron chi connectivity index (χ1n) is 4.23.